The molecule has 120 valence electrons. The molecule has 1 N–H and O–H groups in total. The van der Waals surface area contributed by atoms with Crippen LogP contribution >= 0.6 is 0 Å². The molecule has 1 aromatic carbocycles. The molecule has 22 heavy (non-hydrogen) atoms. The molecule has 0 aliphatic heterocycles. The third kappa shape index (κ3) is 3.67. The number of nitrogens with zero attached hydrogens (tertiary/aromatic N) is 1. The van der Waals surface area contributed by atoms with E-state index in [2.05, 4.69) is 6.07 Å². The van der Waals surface area contributed by atoms with E-state index in [9.17, 15) is 14.7 Å². The Kier molecular flexibility index (Phi) is 5.22. The summed E-state index contributed by atoms with van der Waals surface area (Å²) in [6, 6.07) is 6.13. The fourth-order valence-corrected chi connectivity index (χ4v) is 3.43. The van der Waals surface area contributed by atoms with Crippen molar-refractivity contribution in [3.05, 3.63) is 29.3 Å². The molecule has 4 heteroatoms. The molecule has 1 aromatic rings. The number of anilines is 1. The molecule has 0 aromatic heterocycles. The highest BCUT2D eigenvalue weighted by atomic mass is 16.4. The van der Waals surface area contributed by atoms with E-state index in [1.165, 1.54) is 0 Å². The van der Waals surface area contributed by atoms with Gasteiger partial charge in [-0.25, -0.2) is 0 Å². The number of aryl methyl sites for hydroxylation is 2. The van der Waals surface area contributed by atoms with Gasteiger partial charge in [0.05, 0.1) is 5.92 Å². The molecule has 1 aliphatic carbocycles. The summed E-state index contributed by atoms with van der Waals surface area (Å²) in [6.45, 7) is 6.62. The Labute approximate surface area is 132 Å². The maximum atomic E-state index is 12.9. The number of hydrogen-bond acceptors (Lipinski definition) is 2. The smallest absolute Gasteiger partial charge is 0.306 e. The van der Waals surface area contributed by atoms with Crippen LogP contribution in [0.25, 0.3) is 0 Å². The van der Waals surface area contributed by atoms with Crippen molar-refractivity contribution < 1.29 is 14.7 Å². The molecule has 2 unspecified atom stereocenters. The molecule has 1 fully saturated rings. The van der Waals surface area contributed by atoms with Gasteiger partial charge >= 0.3 is 5.97 Å². The number of carbonyl (C=O) groups excluding carboxylic acids is 1. The summed E-state index contributed by atoms with van der Waals surface area (Å²) >= 11 is 0. The number of carboxylic acid groups (broad SMARTS) is 1. The minimum atomic E-state index is -0.771. The molecule has 1 aliphatic rings. The zero-order valence-corrected chi connectivity index (χ0v) is 13.6. The van der Waals surface area contributed by atoms with E-state index < -0.39 is 5.97 Å². The van der Waals surface area contributed by atoms with Crippen molar-refractivity contribution in [1.29, 1.82) is 0 Å². The van der Waals surface area contributed by atoms with Gasteiger partial charge in [-0.2, -0.15) is 0 Å². The molecule has 1 amide bonds. The maximum Gasteiger partial charge on any atom is 0.306 e. The number of benzene rings is 1. The molecule has 4 nitrogen and oxygen atoms in total. The van der Waals surface area contributed by atoms with Crippen LogP contribution in [-0.2, 0) is 9.59 Å². The fraction of sp³-hybridized carbons (Fsp3) is 0.556. The van der Waals surface area contributed by atoms with Crippen LogP contribution in [0.5, 0.6) is 0 Å². The van der Waals surface area contributed by atoms with E-state index in [0.29, 0.717) is 19.4 Å². The van der Waals surface area contributed by atoms with Gasteiger partial charge in [-0.1, -0.05) is 12.5 Å². The van der Waals surface area contributed by atoms with Crippen molar-refractivity contribution in [1.82, 2.24) is 0 Å². The van der Waals surface area contributed by atoms with Crippen LogP contribution in [0, 0.1) is 25.7 Å². The second-order valence-corrected chi connectivity index (χ2v) is 6.33. The monoisotopic (exact) mass is 303 g/mol. The number of carbonyl (C=O) groups is 2. The van der Waals surface area contributed by atoms with E-state index in [1.54, 1.807) is 4.90 Å². The number of amides is 1. The molecule has 0 heterocycles. The van der Waals surface area contributed by atoms with Gasteiger partial charge in [0.15, 0.2) is 0 Å². The molecule has 2 rings (SSSR count). The summed E-state index contributed by atoms with van der Waals surface area (Å²) in [6.07, 6.45) is 2.77. The van der Waals surface area contributed by atoms with Gasteiger partial charge in [-0.15, -0.1) is 0 Å². The van der Waals surface area contributed by atoms with Crippen molar-refractivity contribution in [2.75, 3.05) is 11.4 Å². The van der Waals surface area contributed by atoms with Gasteiger partial charge in [0.2, 0.25) is 5.91 Å². The lowest BCUT2D eigenvalue weighted by molar-refractivity contribution is -0.143. The second-order valence-electron chi connectivity index (χ2n) is 6.33. The largest absolute Gasteiger partial charge is 0.481 e. The summed E-state index contributed by atoms with van der Waals surface area (Å²) in [5, 5.41) is 9.20. The quantitative estimate of drug-likeness (QED) is 0.925. The van der Waals surface area contributed by atoms with Crippen LogP contribution in [0.15, 0.2) is 18.2 Å². The zero-order chi connectivity index (χ0) is 16.3. The first kappa shape index (κ1) is 16.5. The van der Waals surface area contributed by atoms with Gasteiger partial charge in [0.25, 0.3) is 0 Å². The number of carboxylic acids is 1. The van der Waals surface area contributed by atoms with Gasteiger partial charge in [-0.3, -0.25) is 9.59 Å². The summed E-state index contributed by atoms with van der Waals surface area (Å²) in [4.78, 5) is 25.9. The van der Waals surface area contributed by atoms with Crippen LogP contribution < -0.4 is 4.90 Å². The highest BCUT2D eigenvalue weighted by Gasteiger charge is 2.33. The van der Waals surface area contributed by atoms with Gasteiger partial charge in [-0.05, 0) is 63.3 Å². The summed E-state index contributed by atoms with van der Waals surface area (Å²) < 4.78 is 0. The standard InChI is InChI=1S/C18H25NO3/c1-4-19(16-9-12(2)8-13(3)10-16)17(20)14-6-5-7-15(11-14)18(21)22/h8-10,14-15H,4-7,11H2,1-3H3,(H,21,22). The van der Waals surface area contributed by atoms with Crippen LogP contribution in [0.2, 0.25) is 0 Å². The van der Waals surface area contributed by atoms with E-state index in [4.69, 9.17) is 0 Å². The maximum absolute atomic E-state index is 12.9. The Morgan fingerprint density at radius 3 is 2.27 bits per heavy atom. The lowest BCUT2D eigenvalue weighted by Crippen LogP contribution is -2.39. The third-order valence-electron chi connectivity index (χ3n) is 4.47. The lowest BCUT2D eigenvalue weighted by atomic mass is 9.80. The first-order valence-electron chi connectivity index (χ1n) is 8.04. The predicted molar refractivity (Wildman–Crippen MR) is 87.0 cm³/mol. The second kappa shape index (κ2) is 6.95. The van der Waals surface area contributed by atoms with Crippen molar-refractivity contribution in [3.63, 3.8) is 0 Å². The molecular weight excluding hydrogens is 278 g/mol. The van der Waals surface area contributed by atoms with E-state index in [0.717, 1.165) is 29.7 Å². The molecule has 0 radical (unpaired) electrons. The first-order valence-corrected chi connectivity index (χ1v) is 8.04. The molecule has 1 saturated carbocycles. The van der Waals surface area contributed by atoms with E-state index in [-0.39, 0.29) is 17.7 Å². The molecule has 2 atom stereocenters. The first-order chi connectivity index (χ1) is 10.4. The van der Waals surface area contributed by atoms with Crippen LogP contribution in [0.4, 0.5) is 5.69 Å². The van der Waals surface area contributed by atoms with Crippen molar-refractivity contribution in [3.8, 4) is 0 Å². The van der Waals surface area contributed by atoms with Crippen molar-refractivity contribution in [2.45, 2.75) is 46.5 Å². The predicted octanol–water partition coefficient (Wildman–Crippen LogP) is 3.55. The van der Waals surface area contributed by atoms with E-state index >= 15 is 0 Å². The Balaban J connectivity index is 2.19. The summed E-state index contributed by atoms with van der Waals surface area (Å²) in [5.74, 6) is -1.25. The average Bonchev–Trinajstić information content (AvgIpc) is 2.47. The molecule has 0 bridgehead atoms. The minimum Gasteiger partial charge on any atom is -0.481 e. The molecular formula is C18H25NO3. The number of hydrogen-bond donors (Lipinski definition) is 1. The Hall–Kier alpha value is -1.84. The Bertz CT molecular complexity index is 547. The summed E-state index contributed by atoms with van der Waals surface area (Å²) in [5.41, 5.74) is 3.18. The van der Waals surface area contributed by atoms with Crippen LogP contribution in [0.3, 0.4) is 0 Å². The van der Waals surface area contributed by atoms with Gasteiger partial charge in [0, 0.05) is 18.2 Å². The van der Waals surface area contributed by atoms with Crippen molar-refractivity contribution >= 4 is 17.6 Å². The average molecular weight is 303 g/mol. The third-order valence-corrected chi connectivity index (χ3v) is 4.47. The Morgan fingerprint density at radius 2 is 1.73 bits per heavy atom. The minimum absolute atomic E-state index is 0.0680. The number of aliphatic carboxylic acids is 1. The lowest BCUT2D eigenvalue weighted by Gasteiger charge is -2.31. The highest BCUT2D eigenvalue weighted by molar-refractivity contribution is 5.95. The molecule has 0 saturated heterocycles. The van der Waals surface area contributed by atoms with Gasteiger partial charge in [0.1, 0.15) is 0 Å². The fourth-order valence-electron chi connectivity index (χ4n) is 3.43. The van der Waals surface area contributed by atoms with E-state index in [1.807, 2.05) is 32.9 Å². The Morgan fingerprint density at radius 1 is 1.14 bits per heavy atom. The summed E-state index contributed by atoms with van der Waals surface area (Å²) in [7, 11) is 0. The highest BCUT2D eigenvalue weighted by Crippen LogP contribution is 2.32. The number of rotatable bonds is 4. The topological polar surface area (TPSA) is 57.6 Å². The van der Waals surface area contributed by atoms with Crippen LogP contribution in [-0.4, -0.2) is 23.5 Å². The zero-order valence-electron chi connectivity index (χ0n) is 13.6. The normalized spacial score (nSPS) is 21.4. The van der Waals surface area contributed by atoms with Gasteiger partial charge < -0.3 is 10.0 Å². The van der Waals surface area contributed by atoms with Crippen LogP contribution in [0.1, 0.15) is 43.7 Å². The van der Waals surface area contributed by atoms with Crippen molar-refractivity contribution in [2.24, 2.45) is 11.8 Å². The SMILES string of the molecule is CCN(C(=O)C1CCCC(C(=O)O)C1)c1cc(C)cc(C)c1. The molecule has 0 spiro atoms.